The van der Waals surface area contributed by atoms with Gasteiger partial charge in [-0.2, -0.15) is 0 Å². The van der Waals surface area contributed by atoms with Crippen molar-refractivity contribution in [2.75, 3.05) is 0 Å². The van der Waals surface area contributed by atoms with Gasteiger partial charge in [0.1, 0.15) is 0 Å². The standard InChI is InChI=1S/C51H35N3/c1-51(2)43-25-13-11-23-38(43)48-37(24-15-26-44(48)51)40-30-42-45(31-39(40)32-16-5-3-6-17-32)52-50(53-49(42)33-18-7-4-8-19-33)54-46-27-14-12-22-36(46)41-28-34-20-9-10-21-35(34)29-47(41)54/h3-31H,1-2H3. The SMILES string of the molecule is CC1(C)c2ccccc2-c2c(-c3cc4c(-c5ccccc5)nc(-n5c6ccccc6c6cc7ccccc7cc65)nc4cc3-c3ccccc3)cccc21. The van der Waals surface area contributed by atoms with Crippen molar-refractivity contribution in [3.05, 3.63) is 187 Å². The highest BCUT2D eigenvalue weighted by Crippen LogP contribution is 2.53. The molecule has 3 heteroatoms. The Balaban J connectivity index is 1.26. The van der Waals surface area contributed by atoms with E-state index in [2.05, 4.69) is 194 Å². The van der Waals surface area contributed by atoms with Crippen molar-refractivity contribution in [2.24, 2.45) is 0 Å². The van der Waals surface area contributed by atoms with Crippen LogP contribution in [0.3, 0.4) is 0 Å². The maximum absolute atomic E-state index is 5.51. The largest absolute Gasteiger partial charge is 0.278 e. The van der Waals surface area contributed by atoms with Gasteiger partial charge in [-0.3, -0.25) is 4.57 Å². The van der Waals surface area contributed by atoms with Crippen molar-refractivity contribution in [2.45, 2.75) is 19.3 Å². The van der Waals surface area contributed by atoms with E-state index in [1.807, 2.05) is 0 Å². The van der Waals surface area contributed by atoms with Crippen molar-refractivity contribution in [1.29, 1.82) is 0 Å². The summed E-state index contributed by atoms with van der Waals surface area (Å²) >= 11 is 0. The molecular weight excluding hydrogens is 655 g/mol. The van der Waals surface area contributed by atoms with Gasteiger partial charge in [0.15, 0.2) is 0 Å². The monoisotopic (exact) mass is 689 g/mol. The molecule has 0 amide bonds. The Hall–Kier alpha value is -6.84. The summed E-state index contributed by atoms with van der Waals surface area (Å²) in [5.74, 6) is 0.658. The van der Waals surface area contributed by atoms with E-state index in [1.165, 1.54) is 54.9 Å². The number of hydrogen-bond acceptors (Lipinski definition) is 2. The normalized spacial score (nSPS) is 13.1. The molecule has 0 spiro atoms. The predicted molar refractivity (Wildman–Crippen MR) is 225 cm³/mol. The van der Waals surface area contributed by atoms with E-state index in [4.69, 9.17) is 9.97 Å². The van der Waals surface area contributed by atoms with Gasteiger partial charge in [0.2, 0.25) is 5.95 Å². The second-order valence-corrected chi connectivity index (χ2v) is 15.0. The minimum atomic E-state index is -0.105. The number of nitrogens with zero attached hydrogens (tertiary/aromatic N) is 3. The number of benzene rings is 8. The summed E-state index contributed by atoms with van der Waals surface area (Å²) < 4.78 is 2.25. The molecule has 0 fully saturated rings. The molecule has 0 unspecified atom stereocenters. The van der Waals surface area contributed by atoms with Crippen LogP contribution in [0.25, 0.3) is 94.1 Å². The molecule has 1 aliphatic carbocycles. The van der Waals surface area contributed by atoms with Gasteiger partial charge in [-0.25, -0.2) is 9.97 Å². The first-order valence-electron chi connectivity index (χ1n) is 18.7. The van der Waals surface area contributed by atoms with Crippen LogP contribution in [0.15, 0.2) is 176 Å². The number of fused-ring (bicyclic) bond motifs is 8. The average molecular weight is 690 g/mol. The average Bonchev–Trinajstić information content (AvgIpc) is 3.67. The third-order valence-corrected chi connectivity index (χ3v) is 11.6. The highest BCUT2D eigenvalue weighted by atomic mass is 15.2. The van der Waals surface area contributed by atoms with Crippen LogP contribution in [0, 0.1) is 0 Å². The molecule has 0 radical (unpaired) electrons. The number of para-hydroxylation sites is 1. The summed E-state index contributed by atoms with van der Waals surface area (Å²) in [7, 11) is 0. The highest BCUT2D eigenvalue weighted by molar-refractivity contribution is 6.14. The first-order chi connectivity index (χ1) is 26.5. The van der Waals surface area contributed by atoms with E-state index in [9.17, 15) is 0 Å². The number of hydrogen-bond donors (Lipinski definition) is 0. The van der Waals surface area contributed by atoms with Crippen LogP contribution in [0.4, 0.5) is 0 Å². The summed E-state index contributed by atoms with van der Waals surface area (Å²) in [5.41, 5.74) is 15.0. The molecule has 0 saturated carbocycles. The molecule has 54 heavy (non-hydrogen) atoms. The van der Waals surface area contributed by atoms with E-state index < -0.39 is 0 Å². The Morgan fingerprint density at radius 3 is 1.89 bits per heavy atom. The van der Waals surface area contributed by atoms with Crippen LogP contribution in [0.2, 0.25) is 0 Å². The lowest BCUT2D eigenvalue weighted by atomic mass is 9.81. The van der Waals surface area contributed by atoms with E-state index >= 15 is 0 Å². The molecule has 0 N–H and O–H groups in total. The lowest BCUT2D eigenvalue weighted by molar-refractivity contribution is 0.660. The lowest BCUT2D eigenvalue weighted by Crippen LogP contribution is -2.14. The molecule has 254 valence electrons. The lowest BCUT2D eigenvalue weighted by Gasteiger charge is -2.22. The fraction of sp³-hybridized carbons (Fsp3) is 0.0588. The second kappa shape index (κ2) is 11.6. The topological polar surface area (TPSA) is 30.7 Å². The molecule has 2 aromatic heterocycles. The Morgan fingerprint density at radius 1 is 0.426 bits per heavy atom. The van der Waals surface area contributed by atoms with Crippen molar-refractivity contribution < 1.29 is 0 Å². The van der Waals surface area contributed by atoms with Crippen LogP contribution < -0.4 is 0 Å². The van der Waals surface area contributed by atoms with Gasteiger partial charge in [-0.05, 0) is 85.6 Å². The Labute approximate surface area is 313 Å². The first kappa shape index (κ1) is 30.8. The third kappa shape index (κ3) is 4.48. The van der Waals surface area contributed by atoms with Gasteiger partial charge in [-0.1, -0.05) is 159 Å². The molecule has 0 bridgehead atoms. The van der Waals surface area contributed by atoms with Crippen LogP contribution >= 0.6 is 0 Å². The molecule has 0 atom stereocenters. The molecule has 10 aromatic rings. The molecule has 11 rings (SSSR count). The smallest absolute Gasteiger partial charge is 0.235 e. The molecule has 8 aromatic carbocycles. The molecule has 0 saturated heterocycles. The van der Waals surface area contributed by atoms with E-state index in [1.54, 1.807) is 0 Å². The quantitative estimate of drug-likeness (QED) is 0.184. The van der Waals surface area contributed by atoms with Crippen molar-refractivity contribution >= 4 is 43.5 Å². The van der Waals surface area contributed by atoms with Gasteiger partial charge >= 0.3 is 0 Å². The van der Waals surface area contributed by atoms with Crippen LogP contribution in [-0.2, 0) is 5.41 Å². The van der Waals surface area contributed by atoms with Gasteiger partial charge < -0.3 is 0 Å². The van der Waals surface area contributed by atoms with Crippen molar-refractivity contribution in [1.82, 2.24) is 14.5 Å². The summed E-state index contributed by atoms with van der Waals surface area (Å²) in [4.78, 5) is 11.0. The third-order valence-electron chi connectivity index (χ3n) is 11.6. The molecule has 2 heterocycles. The maximum Gasteiger partial charge on any atom is 0.235 e. The van der Waals surface area contributed by atoms with E-state index in [0.29, 0.717) is 5.95 Å². The van der Waals surface area contributed by atoms with Gasteiger partial charge in [0.05, 0.1) is 22.2 Å². The van der Waals surface area contributed by atoms with Gasteiger partial charge in [-0.15, -0.1) is 0 Å². The maximum atomic E-state index is 5.51. The summed E-state index contributed by atoms with van der Waals surface area (Å²) in [6, 6.07) is 63.5. The Kier molecular flexibility index (Phi) is 6.60. The minimum absolute atomic E-state index is 0.105. The first-order valence-corrected chi connectivity index (χ1v) is 18.7. The predicted octanol–water partition coefficient (Wildman–Crippen LogP) is 13.2. The van der Waals surface area contributed by atoms with Crippen molar-refractivity contribution in [3.63, 3.8) is 0 Å². The minimum Gasteiger partial charge on any atom is -0.278 e. The summed E-state index contributed by atoms with van der Waals surface area (Å²) in [6.45, 7) is 4.70. The molecular formula is C51H35N3. The number of rotatable bonds is 4. The molecule has 0 aliphatic heterocycles. The Bertz CT molecular complexity index is 3120. The van der Waals surface area contributed by atoms with Gasteiger partial charge in [0.25, 0.3) is 0 Å². The van der Waals surface area contributed by atoms with Crippen LogP contribution in [0.1, 0.15) is 25.0 Å². The summed E-state index contributed by atoms with van der Waals surface area (Å²) in [6.07, 6.45) is 0. The zero-order valence-corrected chi connectivity index (χ0v) is 30.1. The van der Waals surface area contributed by atoms with Gasteiger partial charge in [0, 0.05) is 27.1 Å². The van der Waals surface area contributed by atoms with Crippen molar-refractivity contribution in [3.8, 4) is 50.6 Å². The summed E-state index contributed by atoms with van der Waals surface area (Å²) in [5, 5.41) is 5.81. The molecule has 3 nitrogen and oxygen atoms in total. The van der Waals surface area contributed by atoms with Crippen LogP contribution in [0.5, 0.6) is 0 Å². The second-order valence-electron chi connectivity index (χ2n) is 15.0. The highest BCUT2D eigenvalue weighted by Gasteiger charge is 2.37. The fourth-order valence-corrected chi connectivity index (χ4v) is 9.01. The zero-order chi connectivity index (χ0) is 36.0. The Morgan fingerprint density at radius 2 is 1.07 bits per heavy atom. The fourth-order valence-electron chi connectivity index (χ4n) is 9.01. The van der Waals surface area contributed by atoms with E-state index in [0.717, 1.165) is 44.3 Å². The van der Waals surface area contributed by atoms with E-state index in [-0.39, 0.29) is 5.41 Å². The molecule has 1 aliphatic rings. The zero-order valence-electron chi connectivity index (χ0n) is 30.1. The van der Waals surface area contributed by atoms with Crippen LogP contribution in [-0.4, -0.2) is 14.5 Å². The number of aromatic nitrogens is 3.